The lowest BCUT2D eigenvalue weighted by Crippen LogP contribution is -2.27. The first-order valence-electron chi connectivity index (χ1n) is 11.0. The second-order valence-electron chi connectivity index (χ2n) is 7.93. The number of thioether (sulfide) groups is 1. The Morgan fingerprint density at radius 2 is 1.86 bits per heavy atom. The number of hydrogen-bond donors (Lipinski definition) is 0. The van der Waals surface area contributed by atoms with Gasteiger partial charge in [0.15, 0.2) is 15.8 Å². The molecular formula is C27H23BrFNO3S2. The highest BCUT2D eigenvalue weighted by atomic mass is 79.9. The lowest BCUT2D eigenvalue weighted by Gasteiger charge is -2.16. The van der Waals surface area contributed by atoms with Crippen LogP contribution in [0.4, 0.5) is 10.1 Å². The van der Waals surface area contributed by atoms with Crippen LogP contribution in [0.3, 0.4) is 0 Å². The predicted molar refractivity (Wildman–Crippen MR) is 148 cm³/mol. The van der Waals surface area contributed by atoms with Crippen LogP contribution in [0.5, 0.6) is 11.5 Å². The molecule has 3 aromatic carbocycles. The number of carbonyl (C=O) groups is 1. The Labute approximate surface area is 222 Å². The third-order valence-corrected chi connectivity index (χ3v) is 7.39. The van der Waals surface area contributed by atoms with Crippen LogP contribution in [0.2, 0.25) is 0 Å². The molecule has 0 spiro atoms. The second-order valence-corrected chi connectivity index (χ2v) is 10.5. The van der Waals surface area contributed by atoms with Crippen LogP contribution < -0.4 is 14.4 Å². The van der Waals surface area contributed by atoms with Gasteiger partial charge in [-0.1, -0.05) is 48.2 Å². The van der Waals surface area contributed by atoms with Crippen LogP contribution >= 0.6 is 39.9 Å². The van der Waals surface area contributed by atoms with Crippen molar-refractivity contribution in [2.24, 2.45) is 0 Å². The van der Waals surface area contributed by atoms with Gasteiger partial charge in [-0.15, -0.1) is 0 Å². The fourth-order valence-electron chi connectivity index (χ4n) is 3.55. The Bertz CT molecular complexity index is 1340. The maximum absolute atomic E-state index is 14.0. The van der Waals surface area contributed by atoms with E-state index in [9.17, 15) is 9.18 Å². The minimum Gasteiger partial charge on any atom is -0.490 e. The number of nitrogens with zero attached hydrogens (tertiary/aromatic N) is 1. The van der Waals surface area contributed by atoms with Gasteiger partial charge in [0.1, 0.15) is 12.4 Å². The van der Waals surface area contributed by atoms with Crippen molar-refractivity contribution in [3.63, 3.8) is 0 Å². The van der Waals surface area contributed by atoms with Gasteiger partial charge in [-0.2, -0.15) is 0 Å². The van der Waals surface area contributed by atoms with Gasteiger partial charge in [-0.25, -0.2) is 4.39 Å². The van der Waals surface area contributed by atoms with E-state index < -0.39 is 0 Å². The van der Waals surface area contributed by atoms with E-state index in [0.717, 1.165) is 22.4 Å². The van der Waals surface area contributed by atoms with Gasteiger partial charge in [-0.05, 0) is 89.8 Å². The average Bonchev–Trinajstić information content (AvgIpc) is 3.09. The SMILES string of the molecule is CCOc1cc(/C=C2\SC(=S)N(c3ccc(C)c(C)c3)C2=O)cc(Br)c1OCc1ccccc1F. The fraction of sp³-hybridized carbons (Fsp3) is 0.185. The monoisotopic (exact) mass is 571 g/mol. The summed E-state index contributed by atoms with van der Waals surface area (Å²) in [6.07, 6.45) is 1.79. The molecule has 0 radical (unpaired) electrons. The molecule has 0 aliphatic carbocycles. The first kappa shape index (κ1) is 25.4. The molecule has 1 aliphatic rings. The van der Waals surface area contributed by atoms with Gasteiger partial charge in [-0.3, -0.25) is 9.69 Å². The molecule has 0 aromatic heterocycles. The Morgan fingerprint density at radius 3 is 2.57 bits per heavy atom. The van der Waals surface area contributed by atoms with E-state index in [1.807, 2.05) is 45.0 Å². The van der Waals surface area contributed by atoms with E-state index in [-0.39, 0.29) is 18.3 Å². The van der Waals surface area contributed by atoms with Crippen molar-refractivity contribution in [1.82, 2.24) is 0 Å². The summed E-state index contributed by atoms with van der Waals surface area (Å²) in [7, 11) is 0. The van der Waals surface area contributed by atoms with Crippen LogP contribution in [-0.4, -0.2) is 16.8 Å². The third kappa shape index (κ3) is 5.60. The number of ether oxygens (including phenoxy) is 2. The van der Waals surface area contributed by atoms with Crippen LogP contribution in [0.1, 0.15) is 29.2 Å². The highest BCUT2D eigenvalue weighted by Gasteiger charge is 2.33. The molecule has 1 aliphatic heterocycles. The number of aryl methyl sites for hydroxylation is 2. The Balaban J connectivity index is 1.61. The molecule has 1 amide bonds. The van der Waals surface area contributed by atoms with Gasteiger partial charge < -0.3 is 9.47 Å². The maximum atomic E-state index is 14.0. The van der Waals surface area contributed by atoms with Gasteiger partial charge in [0.05, 0.1) is 21.7 Å². The van der Waals surface area contributed by atoms with Crippen molar-refractivity contribution >= 4 is 61.9 Å². The Hall–Kier alpha value is -2.68. The van der Waals surface area contributed by atoms with E-state index in [2.05, 4.69) is 15.9 Å². The molecule has 1 fully saturated rings. The lowest BCUT2D eigenvalue weighted by atomic mass is 10.1. The smallest absolute Gasteiger partial charge is 0.270 e. The second kappa shape index (κ2) is 10.9. The minimum atomic E-state index is -0.330. The van der Waals surface area contributed by atoms with Crippen LogP contribution in [0.15, 0.2) is 64.0 Å². The summed E-state index contributed by atoms with van der Waals surface area (Å²) in [4.78, 5) is 15.3. The van der Waals surface area contributed by atoms with Crippen molar-refractivity contribution in [3.8, 4) is 11.5 Å². The Morgan fingerprint density at radius 1 is 1.09 bits per heavy atom. The molecule has 0 saturated carbocycles. The summed E-state index contributed by atoms with van der Waals surface area (Å²) in [6.45, 7) is 6.38. The molecule has 3 aromatic rings. The normalized spacial score (nSPS) is 14.7. The molecule has 4 rings (SSSR count). The summed E-state index contributed by atoms with van der Waals surface area (Å²) in [6, 6.07) is 16.0. The molecule has 180 valence electrons. The quantitative estimate of drug-likeness (QED) is 0.216. The number of halogens is 2. The number of thiocarbonyl (C=S) groups is 1. The fourth-order valence-corrected chi connectivity index (χ4v) is 5.42. The van der Waals surface area contributed by atoms with Gasteiger partial charge in [0, 0.05) is 5.56 Å². The number of anilines is 1. The number of benzene rings is 3. The highest BCUT2D eigenvalue weighted by Crippen LogP contribution is 2.41. The summed E-state index contributed by atoms with van der Waals surface area (Å²) in [5.41, 5.74) is 4.20. The van der Waals surface area contributed by atoms with E-state index in [1.165, 1.54) is 17.8 Å². The summed E-state index contributed by atoms with van der Waals surface area (Å²) < 4.78 is 26.8. The summed E-state index contributed by atoms with van der Waals surface area (Å²) in [5, 5.41) is 0. The largest absolute Gasteiger partial charge is 0.490 e. The van der Waals surface area contributed by atoms with Crippen LogP contribution in [0, 0.1) is 19.7 Å². The number of carbonyl (C=O) groups excluding carboxylic acids is 1. The molecule has 0 unspecified atom stereocenters. The van der Waals surface area contributed by atoms with E-state index in [4.69, 9.17) is 21.7 Å². The zero-order valence-electron chi connectivity index (χ0n) is 19.4. The van der Waals surface area contributed by atoms with Gasteiger partial charge >= 0.3 is 0 Å². The predicted octanol–water partition coefficient (Wildman–Crippen LogP) is 7.59. The van der Waals surface area contributed by atoms with Crippen LogP contribution in [0.25, 0.3) is 6.08 Å². The standard InChI is InChI=1S/C27H23BrFNO3S2/c1-4-32-23-13-18(12-21(28)25(23)33-15-19-7-5-6-8-22(19)29)14-24-26(31)30(27(34)35-24)20-10-9-16(2)17(3)11-20/h5-14H,4,15H2,1-3H3/b24-14-. The van der Waals surface area contributed by atoms with E-state index in [1.54, 1.807) is 35.2 Å². The zero-order valence-corrected chi connectivity index (χ0v) is 22.7. The first-order chi connectivity index (χ1) is 16.8. The van der Waals surface area contributed by atoms with Crippen molar-refractivity contribution < 1.29 is 18.7 Å². The summed E-state index contributed by atoms with van der Waals surface area (Å²) in [5.74, 6) is 0.463. The van der Waals surface area contributed by atoms with Crippen molar-refractivity contribution in [2.45, 2.75) is 27.4 Å². The number of hydrogen-bond acceptors (Lipinski definition) is 5. The van der Waals surface area contributed by atoms with Crippen LogP contribution in [-0.2, 0) is 11.4 Å². The average molecular weight is 573 g/mol. The maximum Gasteiger partial charge on any atom is 0.270 e. The third-order valence-electron chi connectivity index (χ3n) is 5.50. The number of amides is 1. The van der Waals surface area contributed by atoms with Crippen molar-refractivity contribution in [3.05, 3.63) is 92.0 Å². The van der Waals surface area contributed by atoms with E-state index in [0.29, 0.717) is 37.4 Å². The van der Waals surface area contributed by atoms with Gasteiger partial charge in [0.25, 0.3) is 5.91 Å². The molecule has 35 heavy (non-hydrogen) atoms. The molecule has 0 atom stereocenters. The van der Waals surface area contributed by atoms with Gasteiger partial charge in [0.2, 0.25) is 0 Å². The molecule has 4 nitrogen and oxygen atoms in total. The zero-order chi connectivity index (χ0) is 25.1. The van der Waals surface area contributed by atoms with Crippen molar-refractivity contribution in [1.29, 1.82) is 0 Å². The molecular weight excluding hydrogens is 549 g/mol. The number of rotatable bonds is 7. The molecule has 1 saturated heterocycles. The minimum absolute atomic E-state index is 0.0549. The lowest BCUT2D eigenvalue weighted by molar-refractivity contribution is -0.113. The topological polar surface area (TPSA) is 38.8 Å². The summed E-state index contributed by atoms with van der Waals surface area (Å²) >= 11 is 10.3. The van der Waals surface area contributed by atoms with Crippen molar-refractivity contribution in [2.75, 3.05) is 11.5 Å². The van der Waals surface area contributed by atoms with E-state index >= 15 is 0 Å². The Kier molecular flexibility index (Phi) is 7.94. The molecule has 8 heteroatoms. The molecule has 0 bridgehead atoms. The highest BCUT2D eigenvalue weighted by molar-refractivity contribution is 9.10. The molecule has 0 N–H and O–H groups in total. The molecule has 1 heterocycles. The first-order valence-corrected chi connectivity index (χ1v) is 13.0.